The van der Waals surface area contributed by atoms with E-state index in [4.69, 9.17) is 0 Å². The highest BCUT2D eigenvalue weighted by atomic mass is 79.9. The van der Waals surface area contributed by atoms with Crippen LogP contribution < -0.4 is 0 Å². The summed E-state index contributed by atoms with van der Waals surface area (Å²) in [6.45, 7) is 0. The van der Waals surface area contributed by atoms with E-state index < -0.39 is 9.84 Å². The van der Waals surface area contributed by atoms with Gasteiger partial charge in [-0.2, -0.15) is 0 Å². The van der Waals surface area contributed by atoms with E-state index >= 15 is 0 Å². The Morgan fingerprint density at radius 3 is 1.73 bits per heavy atom. The van der Waals surface area contributed by atoms with Gasteiger partial charge in [-0.1, -0.05) is 65.2 Å². The molecule has 0 aromatic heterocycles. The van der Waals surface area contributed by atoms with Gasteiger partial charge in [0, 0.05) is 16.1 Å². The molecule has 0 bridgehead atoms. The van der Waals surface area contributed by atoms with Gasteiger partial charge in [0.05, 0.1) is 4.90 Å². The summed E-state index contributed by atoms with van der Waals surface area (Å²) in [4.78, 5) is 0.365. The number of rotatable bonds is 3. The summed E-state index contributed by atoms with van der Waals surface area (Å²) in [5, 5.41) is 0. The normalized spacial score (nSPS) is 18.8. The molecule has 4 rings (SSSR count). The molecule has 1 fully saturated rings. The Balaban J connectivity index is 1.79. The molecule has 0 heterocycles. The molecule has 0 saturated heterocycles. The zero-order chi connectivity index (χ0) is 18.4. The van der Waals surface area contributed by atoms with Crippen molar-refractivity contribution in [3.8, 4) is 0 Å². The van der Waals surface area contributed by atoms with Crippen molar-refractivity contribution >= 4 is 36.9 Å². The van der Waals surface area contributed by atoms with Gasteiger partial charge in [-0.3, -0.25) is 0 Å². The third-order valence-corrected chi connectivity index (χ3v) is 7.09. The van der Waals surface area contributed by atoms with Gasteiger partial charge in [-0.15, -0.1) is 0 Å². The van der Waals surface area contributed by atoms with E-state index in [0.29, 0.717) is 4.90 Å². The largest absolute Gasteiger partial charge is 0.224 e. The molecular weight excluding hydrogens is 408 g/mol. The van der Waals surface area contributed by atoms with Crippen LogP contribution in [0.15, 0.2) is 70.1 Å². The van der Waals surface area contributed by atoms with Crippen LogP contribution in [0.5, 0.6) is 0 Å². The molecule has 1 saturated carbocycles. The minimum atomic E-state index is -3.18. The fourth-order valence-electron chi connectivity index (χ4n) is 4.08. The average molecular weight is 429 g/mol. The summed E-state index contributed by atoms with van der Waals surface area (Å²) in [6.07, 6.45) is 11.0. The monoisotopic (exact) mass is 428 g/mol. The Hall–Kier alpha value is -1.65. The Bertz CT molecular complexity index is 991. The van der Waals surface area contributed by atoms with E-state index in [2.05, 4.69) is 52.3 Å². The van der Waals surface area contributed by atoms with Crippen LogP contribution in [0.1, 0.15) is 36.8 Å². The quantitative estimate of drug-likeness (QED) is 0.610. The van der Waals surface area contributed by atoms with Crippen LogP contribution in [0.4, 0.5) is 0 Å². The molecule has 0 aliphatic heterocycles. The molecule has 0 radical (unpaired) electrons. The van der Waals surface area contributed by atoms with Gasteiger partial charge in [-0.05, 0) is 59.4 Å². The molecule has 2 aliphatic rings. The van der Waals surface area contributed by atoms with Crippen molar-refractivity contribution < 1.29 is 8.42 Å². The van der Waals surface area contributed by atoms with Crippen LogP contribution in [-0.2, 0) is 9.84 Å². The van der Waals surface area contributed by atoms with Gasteiger partial charge in [0.25, 0.3) is 0 Å². The number of benzene rings is 2. The van der Waals surface area contributed by atoms with Crippen molar-refractivity contribution in [2.24, 2.45) is 5.41 Å². The molecule has 0 unspecified atom stereocenters. The average Bonchev–Trinajstić information content (AvgIpc) is 3.22. The van der Waals surface area contributed by atoms with Crippen LogP contribution >= 0.6 is 15.9 Å². The molecule has 2 aliphatic carbocycles. The predicted molar refractivity (Wildman–Crippen MR) is 111 cm³/mol. The zero-order valence-electron chi connectivity index (χ0n) is 14.7. The van der Waals surface area contributed by atoms with Gasteiger partial charge < -0.3 is 0 Å². The lowest BCUT2D eigenvalue weighted by Gasteiger charge is -2.16. The topological polar surface area (TPSA) is 34.1 Å². The van der Waals surface area contributed by atoms with Gasteiger partial charge in [0.1, 0.15) is 0 Å². The fraction of sp³-hybridized carbons (Fsp3) is 0.273. The predicted octanol–water partition coefficient (Wildman–Crippen LogP) is 5.89. The second-order valence-electron chi connectivity index (χ2n) is 7.36. The van der Waals surface area contributed by atoms with Crippen LogP contribution in [0.25, 0.3) is 11.1 Å². The third-order valence-electron chi connectivity index (χ3n) is 5.44. The first-order chi connectivity index (χ1) is 12.4. The maximum atomic E-state index is 11.8. The van der Waals surface area contributed by atoms with E-state index in [1.807, 2.05) is 12.1 Å². The lowest BCUT2D eigenvalue weighted by atomic mass is 9.88. The van der Waals surface area contributed by atoms with Crippen molar-refractivity contribution in [2.75, 3.05) is 6.26 Å². The summed E-state index contributed by atoms with van der Waals surface area (Å²) >= 11 is 3.51. The summed E-state index contributed by atoms with van der Waals surface area (Å²) in [7, 11) is -3.18. The van der Waals surface area contributed by atoms with Gasteiger partial charge in [-0.25, -0.2) is 8.42 Å². The lowest BCUT2D eigenvalue weighted by molar-refractivity contribution is 0.523. The number of hydrogen-bond acceptors (Lipinski definition) is 2. The molecule has 4 heteroatoms. The number of hydrogen-bond donors (Lipinski definition) is 0. The fourth-order valence-corrected chi connectivity index (χ4v) is 4.98. The Morgan fingerprint density at radius 2 is 1.27 bits per heavy atom. The molecular formula is C22H21BrO2S. The Morgan fingerprint density at radius 1 is 0.808 bits per heavy atom. The molecule has 2 aromatic rings. The molecule has 0 N–H and O–H groups in total. The van der Waals surface area contributed by atoms with Gasteiger partial charge >= 0.3 is 0 Å². The summed E-state index contributed by atoms with van der Waals surface area (Å²) in [5.74, 6) is 0. The summed E-state index contributed by atoms with van der Waals surface area (Å²) < 4.78 is 24.6. The maximum Gasteiger partial charge on any atom is 0.175 e. The highest BCUT2D eigenvalue weighted by Crippen LogP contribution is 2.52. The van der Waals surface area contributed by atoms with Crippen LogP contribution in [-0.4, -0.2) is 14.7 Å². The molecule has 2 nitrogen and oxygen atoms in total. The SMILES string of the molecule is CS(=O)(=O)c1ccc(C2=CC3(C=C2c2ccc(Br)cc2)CCCC3)cc1. The van der Waals surface area contributed by atoms with Crippen molar-refractivity contribution in [1.29, 1.82) is 0 Å². The molecule has 0 atom stereocenters. The smallest absolute Gasteiger partial charge is 0.175 e. The van der Waals surface area contributed by atoms with Crippen LogP contribution in [0.2, 0.25) is 0 Å². The van der Waals surface area contributed by atoms with Crippen molar-refractivity contribution in [3.05, 3.63) is 76.3 Å². The minimum Gasteiger partial charge on any atom is -0.224 e. The summed E-state index contributed by atoms with van der Waals surface area (Å²) in [5.41, 5.74) is 4.92. The van der Waals surface area contributed by atoms with Crippen LogP contribution in [0, 0.1) is 5.41 Å². The summed E-state index contributed by atoms with van der Waals surface area (Å²) in [6, 6.07) is 15.7. The maximum absolute atomic E-state index is 11.8. The van der Waals surface area contributed by atoms with Crippen molar-refractivity contribution in [3.63, 3.8) is 0 Å². The number of halogens is 1. The number of allylic oxidation sites excluding steroid dienone is 4. The lowest BCUT2D eigenvalue weighted by Crippen LogP contribution is -2.05. The minimum absolute atomic E-state index is 0.160. The first-order valence-electron chi connectivity index (χ1n) is 8.89. The zero-order valence-corrected chi connectivity index (χ0v) is 17.1. The van der Waals surface area contributed by atoms with Gasteiger partial charge in [0.15, 0.2) is 9.84 Å². The van der Waals surface area contributed by atoms with Crippen molar-refractivity contribution in [1.82, 2.24) is 0 Å². The van der Waals surface area contributed by atoms with Crippen LogP contribution in [0.3, 0.4) is 0 Å². The van der Waals surface area contributed by atoms with E-state index in [1.54, 1.807) is 12.1 Å². The molecule has 2 aromatic carbocycles. The molecule has 134 valence electrons. The molecule has 26 heavy (non-hydrogen) atoms. The van der Waals surface area contributed by atoms with E-state index in [9.17, 15) is 8.42 Å². The van der Waals surface area contributed by atoms with E-state index in [1.165, 1.54) is 48.6 Å². The first-order valence-corrected chi connectivity index (χ1v) is 11.6. The standard InChI is InChI=1S/C22H21BrO2S/c1-26(24,25)19-10-6-17(7-11-19)21-15-22(12-2-3-13-22)14-20(21)16-4-8-18(23)9-5-16/h4-11,14-15H,2-3,12-13H2,1H3. The Kier molecular flexibility index (Phi) is 4.44. The Labute approximate surface area is 163 Å². The second kappa shape index (κ2) is 6.50. The van der Waals surface area contributed by atoms with E-state index in [0.717, 1.165) is 10.0 Å². The highest BCUT2D eigenvalue weighted by Gasteiger charge is 2.35. The second-order valence-corrected chi connectivity index (χ2v) is 10.3. The molecule has 1 spiro atoms. The highest BCUT2D eigenvalue weighted by molar-refractivity contribution is 9.10. The molecule has 0 amide bonds. The third kappa shape index (κ3) is 3.33. The first kappa shape index (κ1) is 17.7. The number of sulfone groups is 1. The van der Waals surface area contributed by atoms with Crippen molar-refractivity contribution in [2.45, 2.75) is 30.6 Å². The van der Waals surface area contributed by atoms with Gasteiger partial charge in [0.2, 0.25) is 0 Å². The van der Waals surface area contributed by atoms with E-state index in [-0.39, 0.29) is 5.41 Å².